The molecule has 0 radical (unpaired) electrons. The van der Waals surface area contributed by atoms with Crippen molar-refractivity contribution < 1.29 is 18.7 Å². The first-order chi connectivity index (χ1) is 14.0. The lowest BCUT2D eigenvalue weighted by molar-refractivity contribution is -0.117. The van der Waals surface area contributed by atoms with E-state index in [2.05, 4.69) is 5.32 Å². The van der Waals surface area contributed by atoms with Gasteiger partial charge in [0.05, 0.1) is 12.8 Å². The Bertz CT molecular complexity index is 944. The minimum absolute atomic E-state index is 0.0618. The number of aryl methyl sites for hydroxylation is 1. The molecule has 2 amide bonds. The highest BCUT2D eigenvalue weighted by Crippen LogP contribution is 2.36. The summed E-state index contributed by atoms with van der Waals surface area (Å²) in [5.41, 5.74) is 3.12. The number of benzene rings is 2. The zero-order valence-electron chi connectivity index (χ0n) is 16.5. The van der Waals surface area contributed by atoms with Crippen molar-refractivity contribution in [3.8, 4) is 5.75 Å². The molecule has 0 saturated carbocycles. The fourth-order valence-electron chi connectivity index (χ4n) is 4.37. The minimum atomic E-state index is -0.492. The van der Waals surface area contributed by atoms with Crippen molar-refractivity contribution in [3.63, 3.8) is 0 Å². The van der Waals surface area contributed by atoms with Crippen LogP contribution in [0, 0.1) is 5.82 Å². The molecule has 1 aliphatic heterocycles. The molecule has 1 N–H and O–H groups in total. The molecule has 0 bridgehead atoms. The van der Waals surface area contributed by atoms with Crippen LogP contribution in [0.5, 0.6) is 5.75 Å². The zero-order chi connectivity index (χ0) is 20.4. The first-order valence-electron chi connectivity index (χ1n) is 10.1. The number of halogens is 1. The standard InChI is InChI=1S/C23H25FN2O3/c1-29-18-8-9-19-15(12-18)4-2-5-16(19)13-22(27)25-17-7-10-21(20(24)14-17)26-11-3-6-23(26)28/h7-10,12,14,16H,2-6,11,13H2,1H3,(H,25,27). The Labute approximate surface area is 169 Å². The van der Waals surface area contributed by atoms with Gasteiger partial charge in [-0.3, -0.25) is 9.59 Å². The van der Waals surface area contributed by atoms with Crippen molar-refractivity contribution in [1.29, 1.82) is 0 Å². The Balaban J connectivity index is 1.43. The summed E-state index contributed by atoms with van der Waals surface area (Å²) in [6, 6.07) is 10.5. The van der Waals surface area contributed by atoms with Crippen LogP contribution in [-0.4, -0.2) is 25.5 Å². The second-order valence-corrected chi connectivity index (χ2v) is 7.72. The van der Waals surface area contributed by atoms with Gasteiger partial charge in [-0.15, -0.1) is 0 Å². The molecule has 2 aromatic rings. The van der Waals surface area contributed by atoms with Gasteiger partial charge in [0.1, 0.15) is 11.6 Å². The molecule has 1 fully saturated rings. The van der Waals surface area contributed by atoms with Crippen LogP contribution in [-0.2, 0) is 16.0 Å². The predicted octanol–water partition coefficient (Wildman–Crippen LogP) is 4.41. The Morgan fingerprint density at radius 3 is 2.79 bits per heavy atom. The van der Waals surface area contributed by atoms with Gasteiger partial charge >= 0.3 is 0 Å². The fourth-order valence-corrected chi connectivity index (χ4v) is 4.37. The molecule has 4 rings (SSSR count). The number of methoxy groups -OCH3 is 1. The minimum Gasteiger partial charge on any atom is -0.497 e. The Morgan fingerprint density at radius 2 is 2.07 bits per heavy atom. The molecule has 1 aliphatic carbocycles. The summed E-state index contributed by atoms with van der Waals surface area (Å²) >= 11 is 0. The maximum absolute atomic E-state index is 14.5. The lowest BCUT2D eigenvalue weighted by atomic mass is 9.81. The van der Waals surface area contributed by atoms with E-state index >= 15 is 0 Å². The van der Waals surface area contributed by atoms with E-state index in [-0.39, 0.29) is 23.4 Å². The molecule has 152 valence electrons. The number of hydrogen-bond donors (Lipinski definition) is 1. The summed E-state index contributed by atoms with van der Waals surface area (Å²) < 4.78 is 19.8. The maximum Gasteiger partial charge on any atom is 0.227 e. The van der Waals surface area contributed by atoms with Crippen LogP contribution >= 0.6 is 0 Å². The summed E-state index contributed by atoms with van der Waals surface area (Å²) in [7, 11) is 1.65. The molecule has 1 heterocycles. The monoisotopic (exact) mass is 396 g/mol. The molecule has 5 nitrogen and oxygen atoms in total. The number of nitrogens with zero attached hydrogens (tertiary/aromatic N) is 1. The molecule has 2 aromatic carbocycles. The number of nitrogens with one attached hydrogen (secondary N) is 1. The van der Waals surface area contributed by atoms with Gasteiger partial charge in [-0.05, 0) is 73.1 Å². The van der Waals surface area contributed by atoms with Gasteiger partial charge in [0, 0.05) is 25.1 Å². The van der Waals surface area contributed by atoms with Crippen molar-refractivity contribution >= 4 is 23.2 Å². The molecular weight excluding hydrogens is 371 g/mol. The normalized spacial score (nSPS) is 18.5. The van der Waals surface area contributed by atoms with E-state index in [0.717, 1.165) is 31.4 Å². The molecule has 29 heavy (non-hydrogen) atoms. The number of carbonyl (C=O) groups is 2. The highest BCUT2D eigenvalue weighted by molar-refractivity contribution is 5.96. The summed E-state index contributed by atoms with van der Waals surface area (Å²) in [4.78, 5) is 25.9. The molecule has 2 aliphatic rings. The Morgan fingerprint density at radius 1 is 1.21 bits per heavy atom. The second kappa shape index (κ2) is 8.23. The second-order valence-electron chi connectivity index (χ2n) is 7.72. The lowest BCUT2D eigenvalue weighted by Crippen LogP contribution is -2.25. The predicted molar refractivity (Wildman–Crippen MR) is 110 cm³/mol. The first-order valence-corrected chi connectivity index (χ1v) is 10.1. The summed E-state index contributed by atoms with van der Waals surface area (Å²) in [5, 5.41) is 2.81. The topological polar surface area (TPSA) is 58.6 Å². The van der Waals surface area contributed by atoms with Crippen LogP contribution < -0.4 is 15.0 Å². The maximum atomic E-state index is 14.5. The van der Waals surface area contributed by atoms with Gasteiger partial charge in [-0.2, -0.15) is 0 Å². The van der Waals surface area contributed by atoms with Gasteiger partial charge in [-0.25, -0.2) is 4.39 Å². The molecule has 1 atom stereocenters. The summed E-state index contributed by atoms with van der Waals surface area (Å²) in [6.07, 6.45) is 4.53. The third kappa shape index (κ3) is 4.11. The number of ether oxygens (including phenoxy) is 1. The van der Waals surface area contributed by atoms with E-state index in [4.69, 9.17) is 4.74 Å². The van der Waals surface area contributed by atoms with Crippen LogP contribution in [0.4, 0.5) is 15.8 Å². The van der Waals surface area contributed by atoms with E-state index in [9.17, 15) is 14.0 Å². The zero-order valence-corrected chi connectivity index (χ0v) is 16.5. The quantitative estimate of drug-likeness (QED) is 0.814. The van der Waals surface area contributed by atoms with Crippen LogP contribution in [0.25, 0.3) is 0 Å². The number of fused-ring (bicyclic) bond motifs is 1. The van der Waals surface area contributed by atoms with Crippen molar-refractivity contribution in [2.24, 2.45) is 0 Å². The largest absolute Gasteiger partial charge is 0.497 e. The van der Waals surface area contributed by atoms with E-state index in [1.807, 2.05) is 18.2 Å². The van der Waals surface area contributed by atoms with Crippen molar-refractivity contribution in [3.05, 3.63) is 53.3 Å². The molecule has 1 unspecified atom stereocenters. The van der Waals surface area contributed by atoms with Crippen LogP contribution in [0.15, 0.2) is 36.4 Å². The fraction of sp³-hybridized carbons (Fsp3) is 0.391. The van der Waals surface area contributed by atoms with E-state index in [0.29, 0.717) is 25.1 Å². The van der Waals surface area contributed by atoms with E-state index < -0.39 is 5.82 Å². The summed E-state index contributed by atoms with van der Waals surface area (Å²) in [6.45, 7) is 0.535. The third-order valence-corrected chi connectivity index (χ3v) is 5.82. The van der Waals surface area contributed by atoms with Gasteiger partial charge < -0.3 is 15.0 Å². The van der Waals surface area contributed by atoms with Gasteiger partial charge in [0.2, 0.25) is 11.8 Å². The van der Waals surface area contributed by atoms with Crippen LogP contribution in [0.3, 0.4) is 0 Å². The number of amides is 2. The average Bonchev–Trinajstić information content (AvgIpc) is 3.13. The molecular formula is C23H25FN2O3. The molecule has 1 saturated heterocycles. The first kappa shape index (κ1) is 19.4. The van der Waals surface area contributed by atoms with Gasteiger partial charge in [0.25, 0.3) is 0 Å². The van der Waals surface area contributed by atoms with Gasteiger partial charge in [-0.1, -0.05) is 6.07 Å². The van der Waals surface area contributed by atoms with Crippen molar-refractivity contribution in [2.75, 3.05) is 23.9 Å². The third-order valence-electron chi connectivity index (χ3n) is 5.82. The SMILES string of the molecule is COc1ccc2c(c1)CCCC2CC(=O)Nc1ccc(N2CCCC2=O)c(F)c1. The molecule has 6 heteroatoms. The number of carbonyl (C=O) groups excluding carboxylic acids is 2. The highest BCUT2D eigenvalue weighted by atomic mass is 19.1. The van der Waals surface area contributed by atoms with Gasteiger partial charge in [0.15, 0.2) is 0 Å². The van der Waals surface area contributed by atoms with Crippen molar-refractivity contribution in [2.45, 2.75) is 44.4 Å². The number of anilines is 2. The number of hydrogen-bond acceptors (Lipinski definition) is 3. The van der Waals surface area contributed by atoms with E-state index in [1.54, 1.807) is 19.2 Å². The Hall–Kier alpha value is -2.89. The average molecular weight is 396 g/mol. The van der Waals surface area contributed by atoms with Crippen molar-refractivity contribution in [1.82, 2.24) is 0 Å². The Kier molecular flexibility index (Phi) is 5.51. The smallest absolute Gasteiger partial charge is 0.227 e. The molecule has 0 spiro atoms. The molecule has 0 aromatic heterocycles. The highest BCUT2D eigenvalue weighted by Gasteiger charge is 2.25. The van der Waals surface area contributed by atoms with E-state index in [1.165, 1.54) is 22.1 Å². The number of rotatable bonds is 5. The van der Waals surface area contributed by atoms with Crippen LogP contribution in [0.2, 0.25) is 0 Å². The lowest BCUT2D eigenvalue weighted by Gasteiger charge is -2.25. The van der Waals surface area contributed by atoms with Crippen LogP contribution in [0.1, 0.15) is 49.1 Å². The summed E-state index contributed by atoms with van der Waals surface area (Å²) in [5.74, 6) is 0.293.